The van der Waals surface area contributed by atoms with Crippen molar-refractivity contribution in [2.75, 3.05) is 5.73 Å². The van der Waals surface area contributed by atoms with Gasteiger partial charge in [-0.3, -0.25) is 0 Å². The van der Waals surface area contributed by atoms with Crippen molar-refractivity contribution in [3.8, 4) is 0 Å². The molecule has 0 saturated carbocycles. The lowest BCUT2D eigenvalue weighted by Crippen LogP contribution is -2.08. The first kappa shape index (κ1) is 14.0. The number of fused-ring (bicyclic) bond motifs is 1. The molecule has 0 unspecified atom stereocenters. The Morgan fingerprint density at radius 2 is 2.00 bits per heavy atom. The zero-order chi connectivity index (χ0) is 14.0. The minimum absolute atomic E-state index is 0.0726. The van der Waals surface area contributed by atoms with Gasteiger partial charge in [0.05, 0.1) is 10.5 Å². The third kappa shape index (κ3) is 3.32. The molecule has 1 heterocycles. The molecule has 2 rings (SSSR count). The van der Waals surface area contributed by atoms with E-state index >= 15 is 0 Å². The third-order valence-corrected chi connectivity index (χ3v) is 3.16. The standard InChI is InChI=1S/C12H13ClF3N3/c13-8-4-3-5-9-10(8)18-11(17)19(9)7-2-1-6-12(14,15)16/h3-5H,1-2,6-7H2,(H2,17,18). The number of hydrogen-bond donors (Lipinski definition) is 1. The number of benzene rings is 1. The normalized spacial score (nSPS) is 12.2. The summed E-state index contributed by atoms with van der Waals surface area (Å²) in [7, 11) is 0. The zero-order valence-electron chi connectivity index (χ0n) is 10.0. The average Bonchev–Trinajstić information content (AvgIpc) is 2.62. The summed E-state index contributed by atoms with van der Waals surface area (Å²) in [6.07, 6.45) is -4.42. The SMILES string of the molecule is Nc1nc2c(Cl)cccc2n1CCCCC(F)(F)F. The van der Waals surface area contributed by atoms with Crippen molar-refractivity contribution in [3.05, 3.63) is 23.2 Å². The molecule has 1 aromatic carbocycles. The Morgan fingerprint density at radius 1 is 1.26 bits per heavy atom. The quantitative estimate of drug-likeness (QED) is 0.865. The molecule has 0 aliphatic carbocycles. The fourth-order valence-corrected chi connectivity index (χ4v) is 2.17. The van der Waals surface area contributed by atoms with Gasteiger partial charge in [0.2, 0.25) is 5.95 Å². The minimum Gasteiger partial charge on any atom is -0.369 e. The number of nitrogen functional groups attached to an aromatic ring is 1. The van der Waals surface area contributed by atoms with Crippen molar-refractivity contribution in [1.82, 2.24) is 9.55 Å². The summed E-state index contributed by atoms with van der Waals surface area (Å²) in [5, 5.41) is 0.484. The highest BCUT2D eigenvalue weighted by Gasteiger charge is 2.25. The van der Waals surface area contributed by atoms with Crippen molar-refractivity contribution in [3.63, 3.8) is 0 Å². The van der Waals surface area contributed by atoms with Gasteiger partial charge in [-0.1, -0.05) is 17.7 Å². The molecule has 19 heavy (non-hydrogen) atoms. The zero-order valence-corrected chi connectivity index (χ0v) is 10.8. The molecule has 0 saturated heterocycles. The van der Waals surface area contributed by atoms with Crippen LogP contribution in [0.4, 0.5) is 19.1 Å². The van der Waals surface area contributed by atoms with Crippen molar-refractivity contribution >= 4 is 28.6 Å². The van der Waals surface area contributed by atoms with Crippen molar-refractivity contribution in [2.45, 2.75) is 32.0 Å². The van der Waals surface area contributed by atoms with Gasteiger partial charge in [0.1, 0.15) is 5.52 Å². The number of para-hydroxylation sites is 1. The van der Waals surface area contributed by atoms with Gasteiger partial charge in [0.25, 0.3) is 0 Å². The second kappa shape index (κ2) is 5.28. The first-order valence-electron chi connectivity index (χ1n) is 5.85. The lowest BCUT2D eigenvalue weighted by Gasteiger charge is -2.08. The molecule has 0 spiro atoms. The van der Waals surface area contributed by atoms with E-state index in [1.54, 1.807) is 22.8 Å². The Kier molecular flexibility index (Phi) is 3.89. The topological polar surface area (TPSA) is 43.8 Å². The average molecular weight is 292 g/mol. The van der Waals surface area contributed by atoms with E-state index in [9.17, 15) is 13.2 Å². The van der Waals surface area contributed by atoms with E-state index in [0.717, 1.165) is 5.52 Å². The van der Waals surface area contributed by atoms with Gasteiger partial charge in [-0.2, -0.15) is 13.2 Å². The molecule has 0 radical (unpaired) electrons. The van der Waals surface area contributed by atoms with Gasteiger partial charge in [-0.15, -0.1) is 0 Å². The molecule has 0 fully saturated rings. The fraction of sp³-hybridized carbons (Fsp3) is 0.417. The van der Waals surface area contributed by atoms with Crippen LogP contribution in [0.3, 0.4) is 0 Å². The number of aryl methyl sites for hydroxylation is 1. The van der Waals surface area contributed by atoms with E-state index in [0.29, 0.717) is 23.5 Å². The van der Waals surface area contributed by atoms with Crippen LogP contribution in [-0.2, 0) is 6.54 Å². The van der Waals surface area contributed by atoms with Gasteiger partial charge in [0, 0.05) is 13.0 Å². The van der Waals surface area contributed by atoms with Crippen molar-refractivity contribution in [1.29, 1.82) is 0 Å². The predicted octanol–water partition coefficient (Wildman–Crippen LogP) is 4.00. The summed E-state index contributed by atoms with van der Waals surface area (Å²) >= 11 is 5.98. The molecule has 3 nitrogen and oxygen atoms in total. The summed E-state index contributed by atoms with van der Waals surface area (Å²) in [4.78, 5) is 4.13. The summed E-state index contributed by atoms with van der Waals surface area (Å²) in [6, 6.07) is 5.26. The first-order valence-corrected chi connectivity index (χ1v) is 6.23. The van der Waals surface area contributed by atoms with Gasteiger partial charge in [-0.05, 0) is 25.0 Å². The Hall–Kier alpha value is -1.43. The smallest absolute Gasteiger partial charge is 0.369 e. The number of unbranched alkanes of at least 4 members (excludes halogenated alkanes) is 1. The highest BCUT2D eigenvalue weighted by atomic mass is 35.5. The van der Waals surface area contributed by atoms with Crippen LogP contribution in [0.25, 0.3) is 11.0 Å². The number of aromatic nitrogens is 2. The highest BCUT2D eigenvalue weighted by molar-refractivity contribution is 6.35. The molecule has 0 amide bonds. The van der Waals surface area contributed by atoms with Crippen LogP contribution < -0.4 is 5.73 Å². The molecule has 0 atom stereocenters. The van der Waals surface area contributed by atoms with E-state index < -0.39 is 12.6 Å². The van der Waals surface area contributed by atoms with Gasteiger partial charge in [0.15, 0.2) is 0 Å². The highest BCUT2D eigenvalue weighted by Crippen LogP contribution is 2.26. The summed E-state index contributed by atoms with van der Waals surface area (Å²) < 4.78 is 37.8. The molecule has 0 aliphatic heterocycles. The van der Waals surface area contributed by atoms with E-state index in [2.05, 4.69) is 4.98 Å². The van der Waals surface area contributed by atoms with Crippen LogP contribution in [0.15, 0.2) is 18.2 Å². The summed E-state index contributed by atoms with van der Waals surface area (Å²) in [5.74, 6) is 0.273. The largest absolute Gasteiger partial charge is 0.389 e. The molecule has 104 valence electrons. The van der Waals surface area contributed by atoms with E-state index in [1.165, 1.54) is 0 Å². The van der Waals surface area contributed by atoms with Crippen LogP contribution in [0.5, 0.6) is 0 Å². The van der Waals surface area contributed by atoms with E-state index in [-0.39, 0.29) is 12.4 Å². The van der Waals surface area contributed by atoms with Crippen LogP contribution in [0.2, 0.25) is 5.02 Å². The monoisotopic (exact) mass is 291 g/mol. The van der Waals surface area contributed by atoms with Crippen molar-refractivity contribution in [2.24, 2.45) is 0 Å². The fourth-order valence-electron chi connectivity index (χ4n) is 1.96. The van der Waals surface area contributed by atoms with Gasteiger partial charge in [-0.25, -0.2) is 4.98 Å². The number of hydrogen-bond acceptors (Lipinski definition) is 2. The summed E-state index contributed by atoms with van der Waals surface area (Å²) in [6.45, 7) is 0.402. The number of imidazole rings is 1. The maximum Gasteiger partial charge on any atom is 0.389 e. The third-order valence-electron chi connectivity index (χ3n) is 2.85. The first-order chi connectivity index (χ1) is 8.88. The minimum atomic E-state index is -4.11. The Morgan fingerprint density at radius 3 is 2.68 bits per heavy atom. The summed E-state index contributed by atoms with van der Waals surface area (Å²) in [5.41, 5.74) is 7.09. The maximum absolute atomic E-state index is 12.0. The number of halogens is 4. The number of alkyl halides is 3. The Labute approximate surface area is 113 Å². The molecule has 0 bridgehead atoms. The maximum atomic E-state index is 12.0. The molecule has 7 heteroatoms. The lowest BCUT2D eigenvalue weighted by atomic mass is 10.2. The molecule has 1 aromatic heterocycles. The lowest BCUT2D eigenvalue weighted by molar-refractivity contribution is -0.135. The van der Waals surface area contributed by atoms with Crippen LogP contribution in [0, 0.1) is 0 Å². The number of anilines is 1. The molecule has 2 N–H and O–H groups in total. The van der Waals surface area contributed by atoms with E-state index in [1.807, 2.05) is 0 Å². The van der Waals surface area contributed by atoms with Crippen molar-refractivity contribution < 1.29 is 13.2 Å². The van der Waals surface area contributed by atoms with E-state index in [4.69, 9.17) is 17.3 Å². The molecular weight excluding hydrogens is 279 g/mol. The Balaban J connectivity index is 2.09. The second-order valence-electron chi connectivity index (χ2n) is 4.30. The predicted molar refractivity (Wildman–Crippen MR) is 69.1 cm³/mol. The van der Waals surface area contributed by atoms with Gasteiger partial charge >= 0.3 is 6.18 Å². The van der Waals surface area contributed by atoms with Crippen LogP contribution >= 0.6 is 11.6 Å². The Bertz CT molecular complexity index is 577. The number of nitrogens with zero attached hydrogens (tertiary/aromatic N) is 2. The van der Waals surface area contributed by atoms with Gasteiger partial charge < -0.3 is 10.3 Å². The number of nitrogens with two attached hydrogens (primary N) is 1. The molecule has 2 aromatic rings. The van der Waals surface area contributed by atoms with Crippen LogP contribution in [-0.4, -0.2) is 15.7 Å². The number of rotatable bonds is 4. The van der Waals surface area contributed by atoms with Crippen LogP contribution in [0.1, 0.15) is 19.3 Å². The molecular formula is C12H13ClF3N3. The molecule has 0 aliphatic rings. The second-order valence-corrected chi connectivity index (χ2v) is 4.71.